The predicted molar refractivity (Wildman–Crippen MR) is 78.2 cm³/mol. The van der Waals surface area contributed by atoms with E-state index in [0.29, 0.717) is 0 Å². The van der Waals surface area contributed by atoms with E-state index in [9.17, 15) is 4.79 Å². The van der Waals surface area contributed by atoms with E-state index in [-0.39, 0.29) is 11.9 Å². The van der Waals surface area contributed by atoms with Gasteiger partial charge >= 0.3 is 0 Å². The maximum absolute atomic E-state index is 12.3. The van der Waals surface area contributed by atoms with E-state index in [0.717, 1.165) is 32.4 Å². The van der Waals surface area contributed by atoms with Crippen molar-refractivity contribution in [2.45, 2.75) is 38.6 Å². The highest BCUT2D eigenvalue weighted by Gasteiger charge is 2.23. The molecule has 0 bridgehead atoms. The minimum Gasteiger partial charge on any atom is -0.344 e. The quantitative estimate of drug-likeness (QED) is 0.899. The Labute approximate surface area is 116 Å². The van der Waals surface area contributed by atoms with Crippen LogP contribution in [-0.4, -0.2) is 37.0 Å². The van der Waals surface area contributed by atoms with Crippen LogP contribution in [0.5, 0.6) is 0 Å². The van der Waals surface area contributed by atoms with E-state index in [4.69, 9.17) is 0 Å². The van der Waals surface area contributed by atoms with Crippen molar-refractivity contribution in [1.29, 1.82) is 0 Å². The Kier molecular flexibility index (Phi) is 4.97. The number of amides is 1. The molecular formula is C16H24N2O. The summed E-state index contributed by atoms with van der Waals surface area (Å²) < 4.78 is 0. The molecule has 2 rings (SSSR count). The molecule has 1 aliphatic rings. The van der Waals surface area contributed by atoms with Crippen LogP contribution >= 0.6 is 0 Å². The van der Waals surface area contributed by atoms with Crippen molar-refractivity contribution in [2.75, 3.05) is 20.1 Å². The third-order valence-electron chi connectivity index (χ3n) is 3.96. The van der Waals surface area contributed by atoms with Gasteiger partial charge in [0, 0.05) is 13.6 Å². The fourth-order valence-electron chi connectivity index (χ4n) is 2.62. The summed E-state index contributed by atoms with van der Waals surface area (Å²) in [6.45, 7) is 3.89. The first kappa shape index (κ1) is 14.1. The molecule has 1 fully saturated rings. The van der Waals surface area contributed by atoms with Crippen molar-refractivity contribution in [1.82, 2.24) is 10.2 Å². The first-order valence-electron chi connectivity index (χ1n) is 7.21. The van der Waals surface area contributed by atoms with Gasteiger partial charge in [-0.25, -0.2) is 0 Å². The van der Waals surface area contributed by atoms with E-state index in [1.54, 1.807) is 0 Å². The molecule has 1 heterocycles. The molecular weight excluding hydrogens is 236 g/mol. The van der Waals surface area contributed by atoms with Gasteiger partial charge in [0.25, 0.3) is 0 Å². The number of carbonyl (C=O) groups is 1. The largest absolute Gasteiger partial charge is 0.344 e. The van der Waals surface area contributed by atoms with Crippen molar-refractivity contribution in [3.63, 3.8) is 0 Å². The summed E-state index contributed by atoms with van der Waals surface area (Å²) in [4.78, 5) is 14.1. The van der Waals surface area contributed by atoms with Crippen LogP contribution < -0.4 is 5.32 Å². The second kappa shape index (κ2) is 6.71. The average molecular weight is 260 g/mol. The first-order valence-corrected chi connectivity index (χ1v) is 7.21. The molecule has 0 spiro atoms. The highest BCUT2D eigenvalue weighted by Crippen LogP contribution is 2.11. The number of benzene rings is 1. The lowest BCUT2D eigenvalue weighted by molar-refractivity contribution is -0.132. The maximum Gasteiger partial charge on any atom is 0.239 e. The molecule has 0 radical (unpaired) electrons. The molecule has 3 nitrogen and oxygen atoms in total. The van der Waals surface area contributed by atoms with Crippen molar-refractivity contribution < 1.29 is 4.79 Å². The normalized spacial score (nSPS) is 19.2. The van der Waals surface area contributed by atoms with E-state index < -0.39 is 0 Å². The zero-order valence-corrected chi connectivity index (χ0v) is 12.0. The Hall–Kier alpha value is -1.35. The number of piperidine rings is 1. The lowest BCUT2D eigenvalue weighted by Gasteiger charge is -2.27. The van der Waals surface area contributed by atoms with Crippen LogP contribution in [0.3, 0.4) is 0 Å². The standard InChI is InChI=1S/C16H24N2O/c1-13-7-3-4-8-14(13)10-12-18(2)16(19)15-9-5-6-11-17-15/h3-4,7-8,15,17H,5-6,9-12H2,1-2H3. The van der Waals surface area contributed by atoms with E-state index >= 15 is 0 Å². The van der Waals surface area contributed by atoms with Crippen LogP contribution in [0.1, 0.15) is 30.4 Å². The zero-order valence-electron chi connectivity index (χ0n) is 12.0. The van der Waals surface area contributed by atoms with Gasteiger partial charge in [-0.2, -0.15) is 0 Å². The predicted octanol–water partition coefficient (Wildman–Crippen LogP) is 2.14. The summed E-state index contributed by atoms with van der Waals surface area (Å²) in [5.74, 6) is 0.244. The average Bonchev–Trinajstić information content (AvgIpc) is 2.46. The fourth-order valence-corrected chi connectivity index (χ4v) is 2.62. The number of likely N-dealkylation sites (N-methyl/N-ethyl adjacent to an activating group) is 1. The lowest BCUT2D eigenvalue weighted by Crippen LogP contribution is -2.47. The third kappa shape index (κ3) is 3.80. The molecule has 19 heavy (non-hydrogen) atoms. The number of nitrogens with zero attached hydrogens (tertiary/aromatic N) is 1. The van der Waals surface area contributed by atoms with Gasteiger partial charge in [-0.05, 0) is 43.9 Å². The Morgan fingerprint density at radius 1 is 1.37 bits per heavy atom. The number of aryl methyl sites for hydroxylation is 1. The molecule has 104 valence electrons. The van der Waals surface area contributed by atoms with Gasteiger partial charge in [0.15, 0.2) is 0 Å². The summed E-state index contributed by atoms with van der Waals surface area (Å²) in [6.07, 6.45) is 4.26. The molecule has 1 N–H and O–H groups in total. The van der Waals surface area contributed by atoms with Crippen LogP contribution in [0.2, 0.25) is 0 Å². The number of hydrogen-bond acceptors (Lipinski definition) is 2. The lowest BCUT2D eigenvalue weighted by atomic mass is 10.0. The first-order chi connectivity index (χ1) is 9.18. The second-order valence-corrected chi connectivity index (χ2v) is 5.44. The monoisotopic (exact) mass is 260 g/mol. The summed E-state index contributed by atoms with van der Waals surface area (Å²) >= 11 is 0. The highest BCUT2D eigenvalue weighted by atomic mass is 16.2. The van der Waals surface area contributed by atoms with Gasteiger partial charge in [-0.1, -0.05) is 30.7 Å². The van der Waals surface area contributed by atoms with Crippen molar-refractivity contribution in [3.05, 3.63) is 35.4 Å². The van der Waals surface area contributed by atoms with Crippen LogP contribution in [0.4, 0.5) is 0 Å². The summed E-state index contributed by atoms with van der Waals surface area (Å²) in [5.41, 5.74) is 2.64. The molecule has 1 aromatic rings. The molecule has 1 aliphatic heterocycles. The van der Waals surface area contributed by atoms with Gasteiger partial charge in [0.05, 0.1) is 6.04 Å². The van der Waals surface area contributed by atoms with Crippen LogP contribution in [-0.2, 0) is 11.2 Å². The van der Waals surface area contributed by atoms with Crippen molar-refractivity contribution >= 4 is 5.91 Å². The topological polar surface area (TPSA) is 32.3 Å². The summed E-state index contributed by atoms with van der Waals surface area (Å²) in [5, 5.41) is 3.32. The minimum atomic E-state index is 0.0376. The van der Waals surface area contributed by atoms with Crippen LogP contribution in [0.15, 0.2) is 24.3 Å². The fraction of sp³-hybridized carbons (Fsp3) is 0.562. The number of rotatable bonds is 4. The van der Waals surface area contributed by atoms with Crippen LogP contribution in [0.25, 0.3) is 0 Å². The Balaban J connectivity index is 1.85. The molecule has 1 atom stereocenters. The van der Waals surface area contributed by atoms with E-state index in [2.05, 4.69) is 36.5 Å². The smallest absolute Gasteiger partial charge is 0.239 e. The number of hydrogen-bond donors (Lipinski definition) is 1. The molecule has 1 unspecified atom stereocenters. The van der Waals surface area contributed by atoms with Crippen LogP contribution in [0, 0.1) is 6.92 Å². The Morgan fingerprint density at radius 3 is 2.84 bits per heavy atom. The molecule has 0 saturated carbocycles. The van der Waals surface area contributed by atoms with Gasteiger partial charge in [-0.15, -0.1) is 0 Å². The molecule has 1 saturated heterocycles. The number of carbonyl (C=O) groups excluding carboxylic acids is 1. The SMILES string of the molecule is Cc1ccccc1CCN(C)C(=O)C1CCCCN1. The maximum atomic E-state index is 12.3. The van der Waals surface area contributed by atoms with Gasteiger partial charge in [0.1, 0.15) is 0 Å². The summed E-state index contributed by atoms with van der Waals surface area (Å²) in [7, 11) is 1.91. The summed E-state index contributed by atoms with van der Waals surface area (Å²) in [6, 6.07) is 8.43. The van der Waals surface area contributed by atoms with Gasteiger partial charge < -0.3 is 10.2 Å². The molecule has 3 heteroatoms. The molecule has 1 amide bonds. The van der Waals surface area contributed by atoms with Crippen molar-refractivity contribution in [2.24, 2.45) is 0 Å². The zero-order chi connectivity index (χ0) is 13.7. The second-order valence-electron chi connectivity index (χ2n) is 5.44. The Morgan fingerprint density at radius 2 is 2.16 bits per heavy atom. The van der Waals surface area contributed by atoms with Crippen molar-refractivity contribution in [3.8, 4) is 0 Å². The van der Waals surface area contributed by atoms with Gasteiger partial charge in [-0.3, -0.25) is 4.79 Å². The third-order valence-corrected chi connectivity index (χ3v) is 3.96. The minimum absolute atomic E-state index is 0.0376. The highest BCUT2D eigenvalue weighted by molar-refractivity contribution is 5.81. The Bertz CT molecular complexity index is 425. The number of nitrogens with one attached hydrogen (secondary N) is 1. The van der Waals surface area contributed by atoms with E-state index in [1.807, 2.05) is 11.9 Å². The molecule has 0 aromatic heterocycles. The van der Waals surface area contributed by atoms with Gasteiger partial charge in [0.2, 0.25) is 5.91 Å². The van der Waals surface area contributed by atoms with E-state index in [1.165, 1.54) is 17.5 Å². The molecule has 1 aromatic carbocycles. The molecule has 0 aliphatic carbocycles.